The number of amides is 3. The normalized spacial score (nSPS) is 17.9. The van der Waals surface area contributed by atoms with E-state index in [0.29, 0.717) is 17.4 Å². The number of aryl methyl sites for hydroxylation is 3. The molecule has 3 aromatic carbocycles. The number of likely N-dealkylation sites (tertiary alicyclic amines) is 1. The number of aliphatic hydroxyl groups excluding tert-OH is 1. The van der Waals surface area contributed by atoms with Gasteiger partial charge in [0.25, 0.3) is 0 Å². The summed E-state index contributed by atoms with van der Waals surface area (Å²) in [5, 5.41) is 36.0. The van der Waals surface area contributed by atoms with Crippen LogP contribution in [0.1, 0.15) is 103 Å². The van der Waals surface area contributed by atoms with Gasteiger partial charge in [-0.1, -0.05) is 93.6 Å². The quantitative estimate of drug-likeness (QED) is 0.0878. The molecule has 8 rings (SSSR count). The molecule has 16 heteroatoms. The minimum absolute atomic E-state index is 0.0250. The highest BCUT2D eigenvalue weighted by Gasteiger charge is 2.44. The van der Waals surface area contributed by atoms with E-state index in [1.165, 1.54) is 11.0 Å². The zero-order valence-corrected chi connectivity index (χ0v) is 40.3. The van der Waals surface area contributed by atoms with E-state index in [1.54, 1.807) is 28.7 Å². The minimum Gasteiger partial charge on any atom is -0.481 e. The fourth-order valence-corrected chi connectivity index (χ4v) is 10.7. The lowest BCUT2D eigenvalue weighted by Crippen LogP contribution is -2.57. The molecule has 4 N–H and O–H groups in total. The van der Waals surface area contributed by atoms with Crippen LogP contribution in [0, 0.1) is 33.1 Å². The molecule has 0 saturated carbocycles. The summed E-state index contributed by atoms with van der Waals surface area (Å²) >= 11 is 3.19. The van der Waals surface area contributed by atoms with Gasteiger partial charge in [0.2, 0.25) is 17.7 Å². The number of fused-ring (bicyclic) bond motifs is 3. The summed E-state index contributed by atoms with van der Waals surface area (Å²) in [4.78, 5) is 66.4. The Morgan fingerprint density at radius 1 is 0.881 bits per heavy atom. The van der Waals surface area contributed by atoms with Crippen LogP contribution in [0.15, 0.2) is 89.4 Å². The molecule has 3 amide bonds. The molecule has 14 nitrogen and oxygen atoms in total. The maximum atomic E-state index is 14.2. The standard InChI is InChI=1S/C51H54N8O6S2/c1-27-30(4)67-50-43(27)44(54-39(24-42(62)63)47-57-56-31(5)59(47)50)36-18-16-35(17-19-36)34-12-9-32(10-13-34)11-22-41(61)55-46(51(6,7)8)49(65)58-25-38(60)23-40(58)48(64)53-28(2)33-14-20-37(21-15-33)45-29(3)52-26-66-45/h9-22,26,28,38-40,46,60H,23-25H2,1-8H3,(H,53,64)(H,55,61)(H,62,63)/b22-11+/t28-,38+,39-,40-,46+/m0/s1. The SMILES string of the molecule is Cc1ncsc1-c1ccc([C@H](C)NC(=O)[C@@H]2C[C@@H](O)CN2C(=O)[C@@H](NC(=O)/C=C/c2ccc(-c3ccc(C4=N[C@@H](CC(=O)O)c5nnc(C)n5-c5sc(C)c(C)c54)cc3)cc2)C(C)(C)C)cc1. The molecule has 3 aromatic heterocycles. The second kappa shape index (κ2) is 18.9. The van der Waals surface area contributed by atoms with Crippen LogP contribution in [0.4, 0.5) is 0 Å². The lowest BCUT2D eigenvalue weighted by Gasteiger charge is -2.35. The summed E-state index contributed by atoms with van der Waals surface area (Å²) < 4.78 is 1.94. The van der Waals surface area contributed by atoms with E-state index in [9.17, 15) is 29.4 Å². The van der Waals surface area contributed by atoms with Gasteiger partial charge in [-0.15, -0.1) is 32.9 Å². The summed E-state index contributed by atoms with van der Waals surface area (Å²) in [6, 6.07) is 20.7. The van der Waals surface area contributed by atoms with Crippen molar-refractivity contribution in [1.82, 2.24) is 35.3 Å². The zero-order valence-electron chi connectivity index (χ0n) is 38.7. The van der Waals surface area contributed by atoms with Gasteiger partial charge in [-0.25, -0.2) is 4.98 Å². The van der Waals surface area contributed by atoms with Crippen LogP contribution in [0.5, 0.6) is 0 Å². The summed E-state index contributed by atoms with van der Waals surface area (Å²) in [5.41, 5.74) is 10.3. The number of aliphatic imine (C=N–C) groups is 1. The fraction of sp³-hybridized carbons (Fsp3) is 0.333. The molecule has 0 aliphatic carbocycles. The summed E-state index contributed by atoms with van der Waals surface area (Å²) in [5.74, 6) is -1.08. The Kier molecular flexibility index (Phi) is 13.3. The van der Waals surface area contributed by atoms with Crippen molar-refractivity contribution in [3.8, 4) is 26.6 Å². The van der Waals surface area contributed by atoms with Crippen LogP contribution in [0.25, 0.3) is 32.6 Å². The molecule has 2 aliphatic rings. The summed E-state index contributed by atoms with van der Waals surface area (Å²) in [7, 11) is 0. The summed E-state index contributed by atoms with van der Waals surface area (Å²) in [6.45, 7) is 15.4. The first-order valence-electron chi connectivity index (χ1n) is 22.2. The van der Waals surface area contributed by atoms with Crippen LogP contribution in [-0.4, -0.2) is 89.0 Å². The maximum Gasteiger partial charge on any atom is 0.306 e. The smallest absolute Gasteiger partial charge is 0.306 e. The molecule has 1 fully saturated rings. The van der Waals surface area contributed by atoms with Crippen molar-refractivity contribution in [3.63, 3.8) is 0 Å². The van der Waals surface area contributed by atoms with E-state index in [2.05, 4.69) is 39.7 Å². The Labute approximate surface area is 397 Å². The van der Waals surface area contributed by atoms with Crippen LogP contribution < -0.4 is 10.6 Å². The van der Waals surface area contributed by atoms with Crippen LogP contribution in [-0.2, 0) is 19.2 Å². The number of carboxylic acid groups (broad SMARTS) is 1. The van der Waals surface area contributed by atoms with Crippen LogP contribution >= 0.6 is 22.7 Å². The van der Waals surface area contributed by atoms with Crippen molar-refractivity contribution in [1.29, 1.82) is 0 Å². The van der Waals surface area contributed by atoms with Gasteiger partial charge in [0.15, 0.2) is 5.82 Å². The third-order valence-electron chi connectivity index (χ3n) is 12.5. The Hall–Kier alpha value is -6.62. The number of rotatable bonds is 12. The number of carboxylic acids is 1. The Morgan fingerprint density at radius 3 is 2.15 bits per heavy atom. The van der Waals surface area contributed by atoms with Gasteiger partial charge >= 0.3 is 5.97 Å². The molecule has 5 atom stereocenters. The van der Waals surface area contributed by atoms with Crippen molar-refractivity contribution >= 4 is 58.2 Å². The average molecular weight is 939 g/mol. The minimum atomic E-state index is -0.981. The maximum absolute atomic E-state index is 14.2. The van der Waals surface area contributed by atoms with E-state index in [-0.39, 0.29) is 31.3 Å². The van der Waals surface area contributed by atoms with Gasteiger partial charge in [-0.3, -0.25) is 28.7 Å². The second-order valence-electron chi connectivity index (χ2n) is 18.4. The molecule has 0 bridgehead atoms. The summed E-state index contributed by atoms with van der Waals surface area (Å²) in [6.07, 6.45) is 2.04. The number of thiophene rings is 1. The molecule has 6 aromatic rings. The van der Waals surface area contributed by atoms with Crippen molar-refractivity contribution in [2.24, 2.45) is 10.4 Å². The molecule has 0 radical (unpaired) electrons. The Balaban J connectivity index is 0.925. The Morgan fingerprint density at radius 2 is 1.52 bits per heavy atom. The number of aromatic nitrogens is 4. The van der Waals surface area contributed by atoms with Crippen molar-refractivity contribution in [3.05, 3.63) is 134 Å². The molecule has 2 aliphatic heterocycles. The molecule has 0 spiro atoms. The third-order valence-corrected chi connectivity index (χ3v) is 14.6. The van der Waals surface area contributed by atoms with Gasteiger partial charge < -0.3 is 25.7 Å². The number of nitrogens with one attached hydrogen (secondary N) is 2. The number of thiazole rings is 1. The second-order valence-corrected chi connectivity index (χ2v) is 20.4. The number of aliphatic hydroxyl groups is 1. The first kappa shape index (κ1) is 46.9. The number of carbonyl (C=O) groups excluding carboxylic acids is 3. The molecule has 346 valence electrons. The number of hydrogen-bond donors (Lipinski definition) is 4. The zero-order chi connectivity index (χ0) is 47.9. The lowest BCUT2D eigenvalue weighted by molar-refractivity contribution is -0.143. The number of aliphatic carboxylic acids is 1. The van der Waals surface area contributed by atoms with Crippen molar-refractivity contribution in [2.45, 2.75) is 98.5 Å². The number of hydrogen-bond acceptors (Lipinski definition) is 11. The largest absolute Gasteiger partial charge is 0.481 e. The van der Waals surface area contributed by atoms with E-state index in [0.717, 1.165) is 65.0 Å². The molecular formula is C51H54N8O6S2. The van der Waals surface area contributed by atoms with E-state index < -0.39 is 47.4 Å². The number of carbonyl (C=O) groups is 4. The first-order chi connectivity index (χ1) is 31.9. The average Bonchev–Trinajstić information content (AvgIpc) is 4.06. The molecule has 5 heterocycles. The molecule has 67 heavy (non-hydrogen) atoms. The van der Waals surface area contributed by atoms with Gasteiger partial charge in [-0.05, 0) is 79.5 Å². The van der Waals surface area contributed by atoms with E-state index in [1.807, 2.05) is 124 Å². The fourth-order valence-electron chi connectivity index (χ4n) is 8.68. The van der Waals surface area contributed by atoms with Crippen LogP contribution in [0.2, 0.25) is 0 Å². The molecule has 0 unspecified atom stereocenters. The number of nitrogens with zero attached hydrogens (tertiary/aromatic N) is 6. The highest BCUT2D eigenvalue weighted by Crippen LogP contribution is 2.40. The molecule has 1 saturated heterocycles. The van der Waals surface area contributed by atoms with Gasteiger partial charge in [-0.2, -0.15) is 0 Å². The third kappa shape index (κ3) is 9.78. The van der Waals surface area contributed by atoms with E-state index in [4.69, 9.17) is 4.99 Å². The number of benzene rings is 3. The molecular weight excluding hydrogens is 885 g/mol. The number of β-amino-alcohol motifs (C(OH)–C–C–N with tert-alkyl or cyclic N) is 1. The predicted octanol–water partition coefficient (Wildman–Crippen LogP) is 8.10. The van der Waals surface area contributed by atoms with Crippen LogP contribution in [0.3, 0.4) is 0 Å². The highest BCUT2D eigenvalue weighted by molar-refractivity contribution is 7.15. The highest BCUT2D eigenvalue weighted by atomic mass is 32.1. The van der Waals surface area contributed by atoms with Gasteiger partial charge in [0, 0.05) is 35.0 Å². The van der Waals surface area contributed by atoms with Gasteiger partial charge in [0.1, 0.15) is 29.0 Å². The van der Waals surface area contributed by atoms with Crippen molar-refractivity contribution in [2.75, 3.05) is 6.54 Å². The lowest BCUT2D eigenvalue weighted by atomic mass is 9.85. The Bertz CT molecular complexity index is 2910. The predicted molar refractivity (Wildman–Crippen MR) is 261 cm³/mol. The monoisotopic (exact) mass is 938 g/mol. The first-order valence-corrected chi connectivity index (χ1v) is 23.9. The topological polar surface area (TPSA) is 192 Å². The van der Waals surface area contributed by atoms with E-state index >= 15 is 0 Å². The van der Waals surface area contributed by atoms with Crippen molar-refractivity contribution < 1.29 is 29.4 Å². The van der Waals surface area contributed by atoms with Gasteiger partial charge in [0.05, 0.1) is 40.4 Å².